The fraction of sp³-hybridized carbons (Fsp3) is 0. The molecule has 96 valence electrons. The third-order valence-electron chi connectivity index (χ3n) is 3.19. The molecule has 2 aliphatic heterocycles. The molecule has 0 N–H and O–H groups in total. The summed E-state index contributed by atoms with van der Waals surface area (Å²) in [5, 5.41) is 0.513. The number of carbonyl (C=O) groups is 2. The zero-order valence-corrected chi connectivity index (χ0v) is 11.5. The summed E-state index contributed by atoms with van der Waals surface area (Å²) >= 11 is 2.10. The molecular weight excluding hydrogens is 294 g/mol. The van der Waals surface area contributed by atoms with Crippen LogP contribution in [0, 0.1) is 0 Å². The lowest BCUT2D eigenvalue weighted by Crippen LogP contribution is -2.20. The molecule has 0 unspecified atom stereocenters. The van der Waals surface area contributed by atoms with Crippen LogP contribution in [0.15, 0.2) is 35.1 Å². The van der Waals surface area contributed by atoms with E-state index in [-0.39, 0.29) is 16.4 Å². The molecule has 1 aliphatic carbocycles. The van der Waals surface area contributed by atoms with E-state index in [9.17, 15) is 14.4 Å². The van der Waals surface area contributed by atoms with Crippen molar-refractivity contribution >= 4 is 34.2 Å². The van der Waals surface area contributed by atoms with Crippen molar-refractivity contribution in [2.45, 2.75) is 0 Å². The maximum Gasteiger partial charge on any atom is 0.328 e. The van der Waals surface area contributed by atoms with E-state index in [1.165, 1.54) is 0 Å². The molecule has 2 heterocycles. The molecule has 4 rings (SSSR count). The van der Waals surface area contributed by atoms with E-state index in [0.29, 0.717) is 31.5 Å². The molecule has 1 aromatic carbocycles. The number of ketones is 2. The minimum Gasteiger partial charge on any atom is -0.289 e. The molecule has 0 amide bonds. The minimum absolute atomic E-state index is 0.172. The van der Waals surface area contributed by atoms with Gasteiger partial charge in [0, 0.05) is 16.7 Å². The summed E-state index contributed by atoms with van der Waals surface area (Å²) in [6.45, 7) is 0. The lowest BCUT2D eigenvalue weighted by atomic mass is 9.89. The van der Waals surface area contributed by atoms with Gasteiger partial charge in [0.15, 0.2) is 5.78 Å². The van der Waals surface area contributed by atoms with Crippen molar-refractivity contribution < 1.29 is 9.59 Å². The van der Waals surface area contributed by atoms with Crippen molar-refractivity contribution in [3.8, 4) is 9.88 Å². The van der Waals surface area contributed by atoms with Gasteiger partial charge in [-0.1, -0.05) is 35.6 Å². The summed E-state index contributed by atoms with van der Waals surface area (Å²) < 4.78 is 0. The average Bonchev–Trinajstić information content (AvgIpc) is 2.82. The molecule has 0 saturated heterocycles. The molecule has 0 radical (unpaired) electrons. The molecule has 0 atom stereocenters. The first-order chi connectivity index (χ1) is 9.65. The fourth-order valence-corrected chi connectivity index (χ4v) is 4.18. The largest absolute Gasteiger partial charge is 0.328 e. The molecule has 6 heteroatoms. The van der Waals surface area contributed by atoms with Gasteiger partial charge in [-0.2, -0.15) is 4.98 Å². The van der Waals surface area contributed by atoms with Crippen LogP contribution in [0.4, 0.5) is 0 Å². The van der Waals surface area contributed by atoms with E-state index in [0.717, 1.165) is 22.7 Å². The Balaban J connectivity index is 2.09. The van der Waals surface area contributed by atoms with Gasteiger partial charge in [-0.25, -0.2) is 0 Å². The van der Waals surface area contributed by atoms with Crippen LogP contribution in [0.3, 0.4) is 0 Å². The first kappa shape index (κ1) is 11.6. The van der Waals surface area contributed by atoms with E-state index in [2.05, 4.69) is 4.98 Å². The second-order valence-corrected chi connectivity index (χ2v) is 6.33. The predicted molar refractivity (Wildman–Crippen MR) is 76.2 cm³/mol. The summed E-state index contributed by atoms with van der Waals surface area (Å²) in [6.07, 6.45) is 0. The minimum atomic E-state index is -0.309. The number of nitrogens with zero attached hydrogens (tertiary/aromatic N) is 1. The lowest BCUT2D eigenvalue weighted by molar-refractivity contribution is 0.0982. The van der Waals surface area contributed by atoms with Crippen LogP contribution < -0.4 is 4.87 Å². The highest BCUT2D eigenvalue weighted by Crippen LogP contribution is 2.37. The molecule has 0 saturated carbocycles. The summed E-state index contributed by atoms with van der Waals surface area (Å²) in [5.41, 5.74) is 1.21. The first-order valence-corrected chi connectivity index (χ1v) is 7.41. The normalized spacial score (nSPS) is 13.4. The molecule has 0 fully saturated rings. The molecule has 0 aromatic heterocycles. The van der Waals surface area contributed by atoms with Crippen LogP contribution in [-0.2, 0) is 0 Å². The highest BCUT2D eigenvalue weighted by molar-refractivity contribution is 7.22. The van der Waals surface area contributed by atoms with Crippen molar-refractivity contribution in [3.05, 3.63) is 61.6 Å². The molecular formula is C14H5NO3S2. The topological polar surface area (TPSA) is 64.1 Å². The second-order valence-electron chi connectivity index (χ2n) is 4.34. The summed E-state index contributed by atoms with van der Waals surface area (Å²) in [5.74, 6) is -0.350. The SMILES string of the molecule is O=C1c2ccccc2C(=O)c2sc3nc(=O)sc-3cc21. The van der Waals surface area contributed by atoms with Gasteiger partial charge in [-0.05, 0) is 6.07 Å². The Morgan fingerprint density at radius 1 is 0.850 bits per heavy atom. The quantitative estimate of drug-likeness (QED) is 0.500. The third-order valence-corrected chi connectivity index (χ3v) is 5.23. The van der Waals surface area contributed by atoms with E-state index in [1.54, 1.807) is 30.3 Å². The Bertz CT molecular complexity index is 850. The van der Waals surface area contributed by atoms with Crippen molar-refractivity contribution in [1.29, 1.82) is 0 Å². The summed E-state index contributed by atoms with van der Waals surface area (Å²) in [7, 11) is 0. The van der Waals surface area contributed by atoms with Crippen molar-refractivity contribution in [2.75, 3.05) is 0 Å². The number of hydrogen-bond acceptors (Lipinski definition) is 6. The van der Waals surface area contributed by atoms with E-state index in [4.69, 9.17) is 0 Å². The van der Waals surface area contributed by atoms with Gasteiger partial charge in [0.2, 0.25) is 5.78 Å². The molecule has 0 bridgehead atoms. The molecule has 3 aliphatic rings. The fourth-order valence-electron chi connectivity index (χ4n) is 2.30. The highest BCUT2D eigenvalue weighted by atomic mass is 32.1. The summed E-state index contributed by atoms with van der Waals surface area (Å²) in [4.78, 5) is 40.8. The maximum absolute atomic E-state index is 12.5. The Labute approximate surface area is 120 Å². The highest BCUT2D eigenvalue weighted by Gasteiger charge is 2.32. The number of rotatable bonds is 0. The lowest BCUT2D eigenvalue weighted by Gasteiger charge is -2.17. The molecule has 0 spiro atoms. The van der Waals surface area contributed by atoms with Gasteiger partial charge >= 0.3 is 4.87 Å². The standard InChI is InChI=1S/C14H5NO3S2/c16-10-6-3-1-2-4-7(6)11(17)12-8(10)5-9-13(20-12)15-14(18)19-9/h1-5H. The van der Waals surface area contributed by atoms with Gasteiger partial charge in [-0.15, -0.1) is 11.3 Å². The van der Waals surface area contributed by atoms with Crippen molar-refractivity contribution in [3.63, 3.8) is 0 Å². The van der Waals surface area contributed by atoms with E-state index >= 15 is 0 Å². The van der Waals surface area contributed by atoms with Gasteiger partial charge in [0.25, 0.3) is 0 Å². The number of aromatic nitrogens is 1. The number of thiazole rings is 1. The first-order valence-electron chi connectivity index (χ1n) is 5.78. The number of hydrogen-bond donors (Lipinski definition) is 0. The molecule has 1 aromatic rings. The van der Waals surface area contributed by atoms with Gasteiger partial charge in [0.05, 0.1) is 9.75 Å². The van der Waals surface area contributed by atoms with Crippen molar-refractivity contribution in [2.24, 2.45) is 0 Å². The molecule has 20 heavy (non-hydrogen) atoms. The Hall–Kier alpha value is -2.18. The van der Waals surface area contributed by atoms with Gasteiger partial charge in [0.1, 0.15) is 5.01 Å². The zero-order chi connectivity index (χ0) is 13.9. The number of fused-ring (bicyclic) bond motifs is 3. The monoisotopic (exact) mass is 299 g/mol. The van der Waals surface area contributed by atoms with Crippen LogP contribution in [0.5, 0.6) is 0 Å². The van der Waals surface area contributed by atoms with Crippen LogP contribution in [-0.4, -0.2) is 16.6 Å². The predicted octanol–water partition coefficient (Wildman–Crippen LogP) is 2.45. The van der Waals surface area contributed by atoms with Crippen LogP contribution in [0.1, 0.15) is 31.2 Å². The Morgan fingerprint density at radius 3 is 2.30 bits per heavy atom. The summed E-state index contributed by atoms with van der Waals surface area (Å²) in [6, 6.07) is 8.38. The van der Waals surface area contributed by atoms with Crippen LogP contribution in [0.2, 0.25) is 0 Å². The number of carbonyl (C=O) groups excluding carboxylic acids is 2. The van der Waals surface area contributed by atoms with E-state index in [1.807, 2.05) is 0 Å². The van der Waals surface area contributed by atoms with Crippen LogP contribution >= 0.6 is 22.7 Å². The third kappa shape index (κ3) is 1.46. The van der Waals surface area contributed by atoms with Gasteiger partial charge in [-0.3, -0.25) is 14.4 Å². The Morgan fingerprint density at radius 2 is 1.55 bits per heavy atom. The smallest absolute Gasteiger partial charge is 0.289 e. The maximum atomic E-state index is 12.5. The van der Waals surface area contributed by atoms with Gasteiger partial charge < -0.3 is 0 Å². The van der Waals surface area contributed by atoms with Crippen molar-refractivity contribution in [1.82, 2.24) is 4.98 Å². The number of benzene rings is 1. The molecule has 4 nitrogen and oxygen atoms in total. The van der Waals surface area contributed by atoms with E-state index < -0.39 is 0 Å². The average molecular weight is 299 g/mol. The Kier molecular flexibility index (Phi) is 2.27. The van der Waals surface area contributed by atoms with Crippen LogP contribution in [0.25, 0.3) is 9.88 Å². The zero-order valence-electron chi connectivity index (χ0n) is 9.88. The second kappa shape index (κ2) is 3.91.